The monoisotopic (exact) mass is 1140 g/mol. The molecule has 0 spiro atoms. The molecule has 0 aromatic rings. The Morgan fingerprint density at radius 3 is 0.756 bits per heavy atom. The van der Waals surface area contributed by atoms with Crippen molar-refractivity contribution in [1.82, 2.24) is 0 Å². The number of rotatable bonds is 63. The molecule has 1 unspecified atom stereocenters. The van der Waals surface area contributed by atoms with Gasteiger partial charge >= 0.3 is 17.9 Å². The molecule has 1 atom stereocenters. The molecule has 0 bridgehead atoms. The summed E-state index contributed by atoms with van der Waals surface area (Å²) in [5.41, 5.74) is 0. The van der Waals surface area contributed by atoms with Gasteiger partial charge in [-0.15, -0.1) is 0 Å². The molecule has 470 valence electrons. The van der Waals surface area contributed by atoms with E-state index in [0.717, 1.165) is 122 Å². The van der Waals surface area contributed by atoms with Gasteiger partial charge in [0.05, 0.1) is 0 Å². The number of hydrogen-bond acceptors (Lipinski definition) is 6. The normalized spacial score (nSPS) is 12.8. The highest BCUT2D eigenvalue weighted by Gasteiger charge is 2.19. The number of carbonyl (C=O) groups is 3. The van der Waals surface area contributed by atoms with E-state index in [-0.39, 0.29) is 31.1 Å². The zero-order chi connectivity index (χ0) is 59.2. The molecule has 0 aromatic carbocycles. The molecule has 82 heavy (non-hydrogen) atoms. The van der Waals surface area contributed by atoms with E-state index in [4.69, 9.17) is 14.2 Å². The van der Waals surface area contributed by atoms with Crippen molar-refractivity contribution >= 4 is 17.9 Å². The molecule has 0 aromatic heterocycles. The predicted molar refractivity (Wildman–Crippen MR) is 357 cm³/mol. The highest BCUT2D eigenvalue weighted by molar-refractivity contribution is 5.71. The number of ether oxygens (including phenoxy) is 3. The summed E-state index contributed by atoms with van der Waals surface area (Å²) in [6.07, 6.45) is 95.4. The van der Waals surface area contributed by atoms with Gasteiger partial charge in [-0.1, -0.05) is 316 Å². The molecule has 6 heteroatoms. The Bertz CT molecular complexity index is 1640. The maximum atomic E-state index is 12.9. The van der Waals surface area contributed by atoms with Crippen LogP contribution in [0.4, 0.5) is 0 Å². The Balaban J connectivity index is 4.22. The summed E-state index contributed by atoms with van der Waals surface area (Å²) in [7, 11) is 0. The molecule has 0 N–H and O–H groups in total. The van der Waals surface area contributed by atoms with Crippen molar-refractivity contribution in [3.05, 3.63) is 109 Å². The first kappa shape index (κ1) is 78.1. The summed E-state index contributed by atoms with van der Waals surface area (Å²) in [4.78, 5) is 38.4. The number of unbranched alkanes of at least 4 members (excludes halogenated alkanes) is 34. The van der Waals surface area contributed by atoms with Crippen LogP contribution in [0, 0.1) is 0 Å². The van der Waals surface area contributed by atoms with E-state index in [1.807, 2.05) is 0 Å². The number of carbonyl (C=O) groups excluding carboxylic acids is 3. The molecule has 0 aliphatic rings. The van der Waals surface area contributed by atoms with Crippen LogP contribution in [-0.4, -0.2) is 37.2 Å². The maximum absolute atomic E-state index is 12.9. The van der Waals surface area contributed by atoms with Gasteiger partial charge in [0.15, 0.2) is 6.10 Å². The average molecular weight is 1140 g/mol. The van der Waals surface area contributed by atoms with Crippen LogP contribution >= 0.6 is 0 Å². The molecule has 0 radical (unpaired) electrons. The summed E-state index contributed by atoms with van der Waals surface area (Å²) in [6.45, 7) is 6.54. The summed E-state index contributed by atoms with van der Waals surface area (Å²) < 4.78 is 16.9. The van der Waals surface area contributed by atoms with Crippen LogP contribution in [0.25, 0.3) is 0 Å². The van der Waals surface area contributed by atoms with Crippen LogP contribution in [0.5, 0.6) is 0 Å². The summed E-state index contributed by atoms with van der Waals surface area (Å²) in [5, 5.41) is 0. The standard InChI is InChI=1S/C76H130O6/c1-4-7-10-13-16-19-22-25-28-29-30-31-32-33-34-35-36-37-38-39-40-41-42-43-44-45-46-47-49-51-54-57-60-63-66-69-75(78)81-72-73(71-80-74(77)68-65-62-59-56-53-50-27-24-21-18-15-12-9-6-3)82-76(79)70-67-64-61-58-55-52-48-26-23-20-17-14-11-8-5-2/h7,10,16,19,25-26,28,30-31,33-34,36-37,39-40,42-43,48,73H,4-6,8-9,11-15,17-18,20-24,27,29,32,35,38,41,44-47,49-72H2,1-3H3/b10-7-,19-16-,28-25-,31-30-,34-33-,37-36-,40-39-,43-42-,48-26-. The SMILES string of the molecule is CC/C=C\C/C=C\C/C=C\C/C=C\C/C=C\C/C=C\C/C=C\C/C=C\CCCCCCCCCCCCC(=O)OCC(COC(=O)CCCCCCCCCCCCCCCC)OC(=O)CCCCCCC/C=C\CCCCCCCC. The average Bonchev–Trinajstić information content (AvgIpc) is 3.48. The zero-order valence-corrected chi connectivity index (χ0v) is 54.0. The van der Waals surface area contributed by atoms with Crippen LogP contribution in [0.3, 0.4) is 0 Å². The lowest BCUT2D eigenvalue weighted by atomic mass is 10.0. The largest absolute Gasteiger partial charge is 0.462 e. The minimum Gasteiger partial charge on any atom is -0.462 e. The molecule has 0 saturated heterocycles. The third kappa shape index (κ3) is 66.9. The smallest absolute Gasteiger partial charge is 0.306 e. The molecule has 6 nitrogen and oxygen atoms in total. The Kier molecular flexibility index (Phi) is 66.2. The molecule has 0 aliphatic carbocycles. The lowest BCUT2D eigenvalue weighted by Crippen LogP contribution is -2.30. The van der Waals surface area contributed by atoms with Crippen molar-refractivity contribution in [2.24, 2.45) is 0 Å². The van der Waals surface area contributed by atoms with Crippen molar-refractivity contribution in [2.45, 2.75) is 341 Å². The Hall–Kier alpha value is -3.93. The van der Waals surface area contributed by atoms with Crippen molar-refractivity contribution in [1.29, 1.82) is 0 Å². The van der Waals surface area contributed by atoms with Crippen molar-refractivity contribution < 1.29 is 28.6 Å². The molecule has 0 heterocycles. The van der Waals surface area contributed by atoms with Crippen LogP contribution in [0.15, 0.2) is 109 Å². The van der Waals surface area contributed by atoms with Gasteiger partial charge < -0.3 is 14.2 Å². The summed E-state index contributed by atoms with van der Waals surface area (Å²) >= 11 is 0. The molecule has 0 saturated carbocycles. The highest BCUT2D eigenvalue weighted by atomic mass is 16.6. The van der Waals surface area contributed by atoms with E-state index in [0.29, 0.717) is 19.3 Å². The fourth-order valence-electron chi connectivity index (χ4n) is 9.81. The molecular formula is C76H130O6. The molecule has 0 aliphatic heterocycles. The first-order chi connectivity index (χ1) is 40.5. The van der Waals surface area contributed by atoms with Gasteiger partial charge in [0.2, 0.25) is 0 Å². The second kappa shape index (κ2) is 69.6. The molecule has 0 amide bonds. The van der Waals surface area contributed by atoms with Gasteiger partial charge in [0, 0.05) is 19.3 Å². The van der Waals surface area contributed by atoms with Crippen LogP contribution in [0.2, 0.25) is 0 Å². The second-order valence-corrected chi connectivity index (χ2v) is 23.1. The van der Waals surface area contributed by atoms with Crippen molar-refractivity contribution in [3.63, 3.8) is 0 Å². The van der Waals surface area contributed by atoms with E-state index < -0.39 is 6.10 Å². The number of allylic oxidation sites excluding steroid dienone is 18. The van der Waals surface area contributed by atoms with Gasteiger partial charge in [0.25, 0.3) is 0 Å². The molecule has 0 fully saturated rings. The molecule has 0 rings (SSSR count). The zero-order valence-electron chi connectivity index (χ0n) is 54.0. The lowest BCUT2D eigenvalue weighted by Gasteiger charge is -2.18. The second-order valence-electron chi connectivity index (χ2n) is 23.1. The topological polar surface area (TPSA) is 78.9 Å². The minimum atomic E-state index is -0.783. The van der Waals surface area contributed by atoms with E-state index in [2.05, 4.69) is 130 Å². The quantitative estimate of drug-likeness (QED) is 0.0261. The van der Waals surface area contributed by atoms with E-state index >= 15 is 0 Å². The Labute approximate surface area is 508 Å². The van der Waals surface area contributed by atoms with Gasteiger partial charge in [-0.05, 0) is 109 Å². The van der Waals surface area contributed by atoms with E-state index in [1.165, 1.54) is 173 Å². The van der Waals surface area contributed by atoms with Crippen LogP contribution in [-0.2, 0) is 28.6 Å². The number of hydrogen-bond donors (Lipinski definition) is 0. The highest BCUT2D eigenvalue weighted by Crippen LogP contribution is 2.17. The lowest BCUT2D eigenvalue weighted by molar-refractivity contribution is -0.167. The Morgan fingerprint density at radius 1 is 0.256 bits per heavy atom. The fourth-order valence-corrected chi connectivity index (χ4v) is 9.81. The van der Waals surface area contributed by atoms with E-state index in [9.17, 15) is 14.4 Å². The summed E-state index contributed by atoms with van der Waals surface area (Å²) in [5.74, 6) is -0.878. The third-order valence-corrected chi connectivity index (χ3v) is 15.0. The van der Waals surface area contributed by atoms with Crippen LogP contribution in [0.1, 0.15) is 335 Å². The van der Waals surface area contributed by atoms with Gasteiger partial charge in [-0.25, -0.2) is 0 Å². The number of esters is 3. The molecular weight excluding hydrogens is 1010 g/mol. The van der Waals surface area contributed by atoms with Gasteiger partial charge in [0.1, 0.15) is 13.2 Å². The van der Waals surface area contributed by atoms with Gasteiger partial charge in [-0.2, -0.15) is 0 Å². The Morgan fingerprint density at radius 2 is 0.476 bits per heavy atom. The van der Waals surface area contributed by atoms with E-state index in [1.54, 1.807) is 0 Å². The minimum absolute atomic E-state index is 0.0784. The first-order valence-electron chi connectivity index (χ1n) is 34.9. The maximum Gasteiger partial charge on any atom is 0.306 e. The first-order valence-corrected chi connectivity index (χ1v) is 34.9. The summed E-state index contributed by atoms with van der Waals surface area (Å²) in [6, 6.07) is 0. The van der Waals surface area contributed by atoms with Crippen LogP contribution < -0.4 is 0 Å². The fraction of sp³-hybridized carbons (Fsp3) is 0.724. The predicted octanol–water partition coefficient (Wildman–Crippen LogP) is 24.2. The third-order valence-electron chi connectivity index (χ3n) is 15.0. The van der Waals surface area contributed by atoms with Crippen molar-refractivity contribution in [3.8, 4) is 0 Å². The van der Waals surface area contributed by atoms with Crippen molar-refractivity contribution in [2.75, 3.05) is 13.2 Å². The van der Waals surface area contributed by atoms with Gasteiger partial charge in [-0.3, -0.25) is 14.4 Å².